The molecule has 5 rings (SSSR count). The van der Waals surface area contributed by atoms with Gasteiger partial charge >= 0.3 is 0 Å². The van der Waals surface area contributed by atoms with Gasteiger partial charge in [0.25, 0.3) is 15.6 Å². The Kier molecular flexibility index (Phi) is 4.97. The minimum atomic E-state index is -3.85. The molecule has 0 amide bonds. The quantitative estimate of drug-likeness (QED) is 0.502. The third-order valence-corrected chi connectivity index (χ3v) is 8.07. The molecule has 0 bridgehead atoms. The van der Waals surface area contributed by atoms with Crippen molar-refractivity contribution in [2.24, 2.45) is 0 Å². The molecule has 1 N–H and O–H groups in total. The lowest BCUT2D eigenvalue weighted by Gasteiger charge is -2.23. The van der Waals surface area contributed by atoms with Crippen LogP contribution < -0.4 is 9.86 Å². The van der Waals surface area contributed by atoms with Crippen LogP contribution in [0.3, 0.4) is 0 Å². The zero-order valence-electron chi connectivity index (χ0n) is 18.7. The second-order valence-corrected chi connectivity index (χ2v) is 10.2. The number of aryl methyl sites for hydroxylation is 2. The molecule has 4 aromatic rings. The van der Waals surface area contributed by atoms with Crippen LogP contribution in [0.25, 0.3) is 16.9 Å². The van der Waals surface area contributed by atoms with Crippen molar-refractivity contribution in [3.05, 3.63) is 93.4 Å². The van der Waals surface area contributed by atoms with E-state index >= 15 is 0 Å². The molecule has 0 radical (unpaired) electrons. The molecule has 2 aromatic heterocycles. The van der Waals surface area contributed by atoms with E-state index in [1.165, 1.54) is 4.31 Å². The van der Waals surface area contributed by atoms with Gasteiger partial charge in [0.05, 0.1) is 16.3 Å². The molecular weight excluding hydrogens is 436 g/mol. The number of H-pyrrole nitrogens is 1. The lowest BCUT2D eigenvalue weighted by Crippen LogP contribution is -2.34. The summed E-state index contributed by atoms with van der Waals surface area (Å²) in [6.45, 7) is 6.01. The fourth-order valence-electron chi connectivity index (χ4n) is 4.26. The molecule has 2 aromatic carbocycles. The van der Waals surface area contributed by atoms with Gasteiger partial charge in [-0.25, -0.2) is 22.4 Å². The predicted molar refractivity (Wildman–Crippen MR) is 129 cm³/mol. The normalized spacial score (nSPS) is 13.4. The number of hydrogen-bond donors (Lipinski definition) is 1. The van der Waals surface area contributed by atoms with E-state index in [0.29, 0.717) is 22.6 Å². The van der Waals surface area contributed by atoms with Gasteiger partial charge in [-0.05, 0) is 68.7 Å². The van der Waals surface area contributed by atoms with E-state index < -0.39 is 10.0 Å². The molecule has 1 aliphatic heterocycles. The molecule has 7 nitrogen and oxygen atoms in total. The van der Waals surface area contributed by atoms with Crippen LogP contribution in [0.5, 0.6) is 0 Å². The summed E-state index contributed by atoms with van der Waals surface area (Å²) >= 11 is 0. The summed E-state index contributed by atoms with van der Waals surface area (Å²) in [6.07, 6.45) is 1.84. The van der Waals surface area contributed by atoms with Crippen molar-refractivity contribution in [3.8, 4) is 16.9 Å². The molecular formula is C25H24N4O3S. The van der Waals surface area contributed by atoms with Gasteiger partial charge in [0.2, 0.25) is 0 Å². The maximum atomic E-state index is 13.5. The number of pyridine rings is 1. The van der Waals surface area contributed by atoms with E-state index in [1.54, 1.807) is 47.3 Å². The van der Waals surface area contributed by atoms with E-state index in [0.717, 1.165) is 22.4 Å². The minimum Gasteiger partial charge on any atom is -0.290 e. The molecule has 0 saturated carbocycles. The number of hydrogen-bond acceptors (Lipinski definition) is 4. The number of benzene rings is 2. The Morgan fingerprint density at radius 3 is 2.48 bits per heavy atom. The second-order valence-electron chi connectivity index (χ2n) is 8.34. The largest absolute Gasteiger partial charge is 0.290 e. The van der Waals surface area contributed by atoms with E-state index in [-0.39, 0.29) is 23.4 Å². The summed E-state index contributed by atoms with van der Waals surface area (Å²) in [6, 6.07) is 16.1. The molecule has 0 saturated heterocycles. The van der Waals surface area contributed by atoms with Crippen molar-refractivity contribution in [1.82, 2.24) is 14.8 Å². The number of aromatic nitrogens is 3. The van der Waals surface area contributed by atoms with Crippen molar-refractivity contribution >= 4 is 15.8 Å². The monoisotopic (exact) mass is 460 g/mol. The third kappa shape index (κ3) is 3.38. The first kappa shape index (κ1) is 21.2. The van der Waals surface area contributed by atoms with Crippen molar-refractivity contribution in [2.45, 2.75) is 32.1 Å². The Morgan fingerprint density at radius 2 is 1.73 bits per heavy atom. The van der Waals surface area contributed by atoms with Crippen LogP contribution in [-0.4, -0.2) is 29.7 Å². The van der Waals surface area contributed by atoms with Gasteiger partial charge in [0.1, 0.15) is 0 Å². The highest BCUT2D eigenvalue weighted by molar-refractivity contribution is 7.92. The van der Waals surface area contributed by atoms with E-state index in [2.05, 4.69) is 10.1 Å². The van der Waals surface area contributed by atoms with Gasteiger partial charge in [-0.3, -0.25) is 9.89 Å². The molecule has 0 aliphatic carbocycles. The summed E-state index contributed by atoms with van der Waals surface area (Å²) in [5.41, 5.74) is 5.41. The Balaban J connectivity index is 1.68. The second kappa shape index (κ2) is 7.74. The first-order valence-electron chi connectivity index (χ1n) is 10.7. The standard InChI is InChI=1S/C25H24N4O3S/c1-16-9-11-19(12-10-16)33(31,32)28-15-13-21-23(20-7-5-14-26-24(20)28)27-29(25(21)30)22-8-4-6-17(2)18(22)3/h4-12,14,27H,13,15H2,1-3H3. The molecule has 1 aliphatic rings. The van der Waals surface area contributed by atoms with Gasteiger partial charge in [0, 0.05) is 23.9 Å². The van der Waals surface area contributed by atoms with Crippen LogP contribution >= 0.6 is 0 Å². The van der Waals surface area contributed by atoms with E-state index in [4.69, 9.17) is 0 Å². The summed E-state index contributed by atoms with van der Waals surface area (Å²) in [4.78, 5) is 18.1. The van der Waals surface area contributed by atoms with Gasteiger partial charge < -0.3 is 0 Å². The molecule has 168 valence electrons. The number of nitrogens with zero attached hydrogens (tertiary/aromatic N) is 3. The SMILES string of the molecule is Cc1ccc(S(=O)(=O)N2CCc3c([nH]n(-c4cccc(C)c4C)c3=O)-c3cccnc32)cc1. The number of anilines is 1. The highest BCUT2D eigenvalue weighted by Gasteiger charge is 2.33. The van der Waals surface area contributed by atoms with Gasteiger partial charge in [-0.1, -0.05) is 29.8 Å². The summed E-state index contributed by atoms with van der Waals surface area (Å²) in [5, 5.41) is 3.24. The van der Waals surface area contributed by atoms with Crippen LogP contribution in [0.2, 0.25) is 0 Å². The lowest BCUT2D eigenvalue weighted by molar-refractivity contribution is 0.590. The number of fused-ring (bicyclic) bond motifs is 3. The molecule has 0 spiro atoms. The van der Waals surface area contributed by atoms with Crippen LogP contribution in [0.4, 0.5) is 5.82 Å². The highest BCUT2D eigenvalue weighted by atomic mass is 32.2. The average molecular weight is 461 g/mol. The fourth-order valence-corrected chi connectivity index (χ4v) is 5.70. The van der Waals surface area contributed by atoms with Crippen molar-refractivity contribution in [3.63, 3.8) is 0 Å². The maximum absolute atomic E-state index is 13.5. The summed E-state index contributed by atoms with van der Waals surface area (Å²) < 4.78 is 29.9. The molecule has 33 heavy (non-hydrogen) atoms. The Bertz CT molecular complexity index is 1530. The topological polar surface area (TPSA) is 88.1 Å². The summed E-state index contributed by atoms with van der Waals surface area (Å²) in [7, 11) is -3.85. The van der Waals surface area contributed by atoms with Gasteiger partial charge in [0.15, 0.2) is 5.82 Å². The van der Waals surface area contributed by atoms with Crippen LogP contribution in [0.1, 0.15) is 22.3 Å². The maximum Gasteiger partial charge on any atom is 0.275 e. The number of aromatic amines is 1. The lowest BCUT2D eigenvalue weighted by atomic mass is 10.1. The van der Waals surface area contributed by atoms with Crippen molar-refractivity contribution in [2.75, 3.05) is 10.8 Å². The van der Waals surface area contributed by atoms with E-state index in [1.807, 2.05) is 39.0 Å². The number of nitrogens with one attached hydrogen (secondary N) is 1. The van der Waals surface area contributed by atoms with Crippen LogP contribution in [0.15, 0.2) is 70.5 Å². The first-order valence-corrected chi connectivity index (χ1v) is 12.2. The predicted octanol–water partition coefficient (Wildman–Crippen LogP) is 3.90. The van der Waals surface area contributed by atoms with Crippen LogP contribution in [-0.2, 0) is 16.4 Å². The molecule has 8 heteroatoms. The number of sulfonamides is 1. The van der Waals surface area contributed by atoms with Gasteiger partial charge in [-0.2, -0.15) is 0 Å². The Labute approximate surface area is 192 Å². The third-order valence-electron chi connectivity index (χ3n) is 6.27. The highest BCUT2D eigenvalue weighted by Crippen LogP contribution is 2.36. The van der Waals surface area contributed by atoms with Crippen molar-refractivity contribution < 1.29 is 8.42 Å². The fraction of sp³-hybridized carbons (Fsp3) is 0.200. The Morgan fingerprint density at radius 1 is 0.970 bits per heavy atom. The smallest absolute Gasteiger partial charge is 0.275 e. The first-order chi connectivity index (χ1) is 15.8. The summed E-state index contributed by atoms with van der Waals surface area (Å²) in [5.74, 6) is 0.311. The minimum absolute atomic E-state index is 0.118. The zero-order valence-corrected chi connectivity index (χ0v) is 19.5. The average Bonchev–Trinajstić information content (AvgIpc) is 3.02. The molecule has 0 unspecified atom stereocenters. The molecule has 3 heterocycles. The Hall–Kier alpha value is -3.65. The van der Waals surface area contributed by atoms with Crippen molar-refractivity contribution in [1.29, 1.82) is 0 Å². The molecule has 0 fully saturated rings. The van der Waals surface area contributed by atoms with Gasteiger partial charge in [-0.15, -0.1) is 0 Å². The number of rotatable bonds is 3. The zero-order chi connectivity index (χ0) is 23.3. The van der Waals surface area contributed by atoms with E-state index in [9.17, 15) is 13.2 Å². The molecule has 0 atom stereocenters. The van der Waals surface area contributed by atoms with Crippen LogP contribution in [0, 0.1) is 20.8 Å².